The van der Waals surface area contributed by atoms with Crippen molar-refractivity contribution < 1.29 is 19.1 Å². The maximum atomic E-state index is 12.1. The molecule has 0 bridgehead atoms. The summed E-state index contributed by atoms with van der Waals surface area (Å²) in [5.74, 6) is 1.64. The predicted molar refractivity (Wildman–Crippen MR) is 108 cm³/mol. The van der Waals surface area contributed by atoms with Crippen LogP contribution in [0.25, 0.3) is 0 Å². The van der Waals surface area contributed by atoms with E-state index in [0.29, 0.717) is 35.3 Å². The number of halogens is 1. The Morgan fingerprint density at radius 3 is 2.85 bits per heavy atom. The first-order chi connectivity index (χ1) is 12.7. The van der Waals surface area contributed by atoms with Gasteiger partial charge in [-0.3, -0.25) is 4.79 Å². The van der Waals surface area contributed by atoms with Crippen LogP contribution in [0.3, 0.4) is 0 Å². The van der Waals surface area contributed by atoms with E-state index in [1.54, 1.807) is 18.6 Å². The maximum absolute atomic E-state index is 12.1. The van der Waals surface area contributed by atoms with Gasteiger partial charge in [0.15, 0.2) is 0 Å². The quantitative estimate of drug-likeness (QED) is 0.519. The smallest absolute Gasteiger partial charge is 0.359 e. The van der Waals surface area contributed by atoms with Gasteiger partial charge in [0, 0.05) is 19.4 Å². The van der Waals surface area contributed by atoms with Crippen LogP contribution in [0.4, 0.5) is 0 Å². The molecule has 0 aromatic carbocycles. The van der Waals surface area contributed by atoms with Crippen molar-refractivity contribution in [2.24, 2.45) is 23.2 Å². The number of hydrogen-bond acceptors (Lipinski definition) is 4. The largest absolute Gasteiger partial charge is 0.443 e. The summed E-state index contributed by atoms with van der Waals surface area (Å²) >= 11 is 3.58. The molecule has 5 heteroatoms. The first kappa shape index (κ1) is 20.6. The van der Waals surface area contributed by atoms with Crippen LogP contribution in [0.5, 0.6) is 0 Å². The van der Waals surface area contributed by atoms with Crippen LogP contribution in [0.15, 0.2) is 22.4 Å². The van der Waals surface area contributed by atoms with E-state index >= 15 is 0 Å². The van der Waals surface area contributed by atoms with Crippen LogP contribution < -0.4 is 0 Å². The standard InChI is InChI=1S/C22H31BrO4/c1-14(7-8-17-12-22(4,20(25)26-17)27-15(2)24)18-9-10-19-16(13-23)6-5-11-21(18,19)3/h12-14,18-19H,5-11H2,1-4H3/t14-,18-,19?,21+,22+/m1/s1. The van der Waals surface area contributed by atoms with E-state index in [0.717, 1.165) is 6.42 Å². The van der Waals surface area contributed by atoms with Gasteiger partial charge in [-0.15, -0.1) is 0 Å². The Morgan fingerprint density at radius 1 is 1.44 bits per heavy atom. The molecule has 0 spiro atoms. The molecule has 1 heterocycles. The number of esters is 2. The summed E-state index contributed by atoms with van der Waals surface area (Å²) in [6.45, 7) is 7.72. The molecule has 2 fully saturated rings. The van der Waals surface area contributed by atoms with Gasteiger partial charge in [-0.1, -0.05) is 35.4 Å². The minimum atomic E-state index is -1.27. The Labute approximate surface area is 170 Å². The average molecular weight is 439 g/mol. The zero-order valence-electron chi connectivity index (χ0n) is 16.8. The van der Waals surface area contributed by atoms with E-state index in [-0.39, 0.29) is 0 Å². The van der Waals surface area contributed by atoms with Crippen molar-refractivity contribution >= 4 is 27.9 Å². The summed E-state index contributed by atoms with van der Waals surface area (Å²) in [4.78, 5) is 25.5. The van der Waals surface area contributed by atoms with Gasteiger partial charge in [0.25, 0.3) is 0 Å². The van der Waals surface area contributed by atoms with E-state index in [4.69, 9.17) is 9.47 Å². The van der Waals surface area contributed by atoms with Gasteiger partial charge in [0.05, 0.1) is 0 Å². The summed E-state index contributed by atoms with van der Waals surface area (Å²) in [5, 5.41) is 0. The van der Waals surface area contributed by atoms with Crippen LogP contribution in [0, 0.1) is 23.2 Å². The lowest BCUT2D eigenvalue weighted by atomic mass is 9.61. The van der Waals surface area contributed by atoms with Crippen LogP contribution in [-0.2, 0) is 19.1 Å². The number of allylic oxidation sites excluding steroid dienone is 2. The zero-order valence-corrected chi connectivity index (χ0v) is 18.4. The number of fused-ring (bicyclic) bond motifs is 1. The molecule has 3 aliphatic rings. The topological polar surface area (TPSA) is 52.6 Å². The van der Waals surface area contributed by atoms with Gasteiger partial charge >= 0.3 is 11.9 Å². The highest BCUT2D eigenvalue weighted by atomic mass is 79.9. The van der Waals surface area contributed by atoms with Crippen molar-refractivity contribution in [2.45, 2.75) is 78.2 Å². The third kappa shape index (κ3) is 3.90. The molecule has 2 aliphatic carbocycles. The van der Waals surface area contributed by atoms with Crippen LogP contribution >= 0.6 is 15.9 Å². The molecule has 150 valence electrons. The van der Waals surface area contributed by atoms with Crippen molar-refractivity contribution in [1.29, 1.82) is 0 Å². The highest BCUT2D eigenvalue weighted by Gasteiger charge is 2.50. The van der Waals surface area contributed by atoms with Gasteiger partial charge in [0.1, 0.15) is 5.76 Å². The van der Waals surface area contributed by atoms with E-state index in [2.05, 4.69) is 34.8 Å². The van der Waals surface area contributed by atoms with Crippen molar-refractivity contribution in [3.8, 4) is 0 Å². The second-order valence-corrected chi connectivity index (χ2v) is 9.45. The Kier molecular flexibility index (Phi) is 5.90. The molecule has 0 radical (unpaired) electrons. The Bertz CT molecular complexity index is 682. The molecular weight excluding hydrogens is 408 g/mol. The van der Waals surface area contributed by atoms with Gasteiger partial charge in [0.2, 0.25) is 5.60 Å². The summed E-state index contributed by atoms with van der Waals surface area (Å²) in [6, 6.07) is 0. The fourth-order valence-electron chi connectivity index (χ4n) is 5.83. The molecule has 5 atom stereocenters. The average Bonchev–Trinajstić information content (AvgIpc) is 3.08. The number of ether oxygens (including phenoxy) is 2. The van der Waals surface area contributed by atoms with Crippen molar-refractivity contribution in [3.05, 3.63) is 22.4 Å². The van der Waals surface area contributed by atoms with Gasteiger partial charge in [-0.25, -0.2) is 4.79 Å². The summed E-state index contributed by atoms with van der Waals surface area (Å²) in [7, 11) is 0. The van der Waals surface area contributed by atoms with Crippen LogP contribution in [0.1, 0.15) is 72.6 Å². The molecule has 0 aromatic rings. The molecule has 4 nitrogen and oxygen atoms in total. The molecule has 0 N–H and O–H groups in total. The molecule has 0 saturated heterocycles. The lowest BCUT2D eigenvalue weighted by Crippen LogP contribution is -2.35. The summed E-state index contributed by atoms with van der Waals surface area (Å²) in [5.41, 5.74) is 0.695. The molecule has 27 heavy (non-hydrogen) atoms. The monoisotopic (exact) mass is 438 g/mol. The fourth-order valence-corrected chi connectivity index (χ4v) is 6.37. The van der Waals surface area contributed by atoms with Crippen molar-refractivity contribution in [1.82, 2.24) is 0 Å². The lowest BCUT2D eigenvalue weighted by Gasteiger charge is -2.44. The molecule has 0 aromatic heterocycles. The fraction of sp³-hybridized carbons (Fsp3) is 0.727. The molecule has 0 amide bonds. The number of carbonyl (C=O) groups excluding carboxylic acids is 2. The number of cyclic esters (lactones) is 1. The van der Waals surface area contributed by atoms with Gasteiger partial charge in [-0.05, 0) is 73.6 Å². The van der Waals surface area contributed by atoms with E-state index < -0.39 is 17.5 Å². The highest BCUT2D eigenvalue weighted by molar-refractivity contribution is 9.11. The van der Waals surface area contributed by atoms with Crippen LogP contribution in [0.2, 0.25) is 0 Å². The van der Waals surface area contributed by atoms with E-state index in [1.807, 2.05) is 0 Å². The SMILES string of the molecule is CC(=O)O[C@@]1(C)C=C(CC[C@@H](C)[C@H]2CCC3C(=CBr)CCC[C@]32C)OC1=O. The predicted octanol–water partition coefficient (Wildman–Crippen LogP) is 5.66. The lowest BCUT2D eigenvalue weighted by molar-refractivity contribution is -0.167. The molecule has 2 saturated carbocycles. The normalized spacial score (nSPS) is 38.3. The molecule has 1 unspecified atom stereocenters. The minimum absolute atomic E-state index is 0.379. The van der Waals surface area contributed by atoms with Gasteiger partial charge < -0.3 is 9.47 Å². The maximum Gasteiger partial charge on any atom is 0.359 e. The minimum Gasteiger partial charge on any atom is -0.443 e. The Morgan fingerprint density at radius 2 is 2.19 bits per heavy atom. The van der Waals surface area contributed by atoms with E-state index in [1.165, 1.54) is 39.0 Å². The number of carbonyl (C=O) groups is 2. The molecular formula is C22H31BrO4. The first-order valence-corrected chi connectivity index (χ1v) is 11.0. The van der Waals surface area contributed by atoms with Crippen LogP contribution in [-0.4, -0.2) is 17.5 Å². The molecule has 1 aliphatic heterocycles. The van der Waals surface area contributed by atoms with Gasteiger partial charge in [-0.2, -0.15) is 0 Å². The second-order valence-electron chi connectivity index (χ2n) is 9.00. The Hall–Kier alpha value is -1.10. The number of rotatable bonds is 5. The third-order valence-electron chi connectivity index (χ3n) is 7.13. The second kappa shape index (κ2) is 7.73. The van der Waals surface area contributed by atoms with E-state index in [9.17, 15) is 9.59 Å². The molecule has 3 rings (SSSR count). The first-order valence-electron chi connectivity index (χ1n) is 10.1. The number of hydrogen-bond donors (Lipinski definition) is 0. The summed E-state index contributed by atoms with van der Waals surface area (Å²) in [6.07, 6.45) is 9.73. The van der Waals surface area contributed by atoms with Crippen molar-refractivity contribution in [2.75, 3.05) is 0 Å². The summed E-state index contributed by atoms with van der Waals surface area (Å²) < 4.78 is 10.5. The highest BCUT2D eigenvalue weighted by Crippen LogP contribution is 2.60. The third-order valence-corrected chi connectivity index (χ3v) is 7.72. The van der Waals surface area contributed by atoms with Crippen molar-refractivity contribution in [3.63, 3.8) is 0 Å². The zero-order chi connectivity index (χ0) is 19.8. The Balaban J connectivity index is 1.63.